The number of nitrogens with one attached hydrogen (secondary N) is 1. The molecule has 0 radical (unpaired) electrons. The van der Waals surface area contributed by atoms with Gasteiger partial charge in [-0.05, 0) is 25.4 Å². The van der Waals surface area contributed by atoms with Gasteiger partial charge in [-0.1, -0.05) is 13.3 Å². The van der Waals surface area contributed by atoms with Crippen LogP contribution in [-0.4, -0.2) is 18.1 Å². The first kappa shape index (κ1) is 11.6. The smallest absolute Gasteiger partial charge is 0.106 e. The minimum Gasteiger partial charge on any atom is -0.330 e. The summed E-state index contributed by atoms with van der Waals surface area (Å²) in [5.41, 5.74) is 5.67. The molecule has 0 aromatic carbocycles. The Balaban J connectivity index is 2.13. The maximum atomic E-state index is 5.67. The molecule has 0 aliphatic rings. The van der Waals surface area contributed by atoms with Gasteiger partial charge in [-0.3, -0.25) is 0 Å². The Morgan fingerprint density at radius 1 is 1.64 bits per heavy atom. The number of thiazole rings is 1. The third kappa shape index (κ3) is 4.17. The fourth-order valence-corrected chi connectivity index (χ4v) is 2.02. The van der Waals surface area contributed by atoms with Gasteiger partial charge in [0.1, 0.15) is 5.01 Å². The molecule has 0 fully saturated rings. The molecular formula is C10H19N3S. The Morgan fingerprint density at radius 3 is 3.07 bits per heavy atom. The van der Waals surface area contributed by atoms with Crippen LogP contribution in [0.4, 0.5) is 0 Å². The zero-order valence-corrected chi connectivity index (χ0v) is 9.52. The molecule has 4 heteroatoms. The fourth-order valence-electron chi connectivity index (χ4n) is 1.43. The van der Waals surface area contributed by atoms with E-state index in [1.165, 1.54) is 12.8 Å². The maximum Gasteiger partial charge on any atom is 0.106 e. The van der Waals surface area contributed by atoms with Gasteiger partial charge in [0.2, 0.25) is 0 Å². The van der Waals surface area contributed by atoms with Crippen molar-refractivity contribution in [3.8, 4) is 0 Å². The van der Waals surface area contributed by atoms with Crippen LogP contribution in [0.1, 0.15) is 24.8 Å². The summed E-state index contributed by atoms with van der Waals surface area (Å²) in [4.78, 5) is 4.21. The van der Waals surface area contributed by atoms with Crippen LogP contribution < -0.4 is 11.1 Å². The van der Waals surface area contributed by atoms with E-state index in [9.17, 15) is 0 Å². The zero-order chi connectivity index (χ0) is 10.2. The molecule has 0 spiro atoms. The highest BCUT2D eigenvalue weighted by molar-refractivity contribution is 7.09. The maximum absolute atomic E-state index is 5.67. The van der Waals surface area contributed by atoms with E-state index in [0.29, 0.717) is 5.92 Å². The van der Waals surface area contributed by atoms with E-state index in [4.69, 9.17) is 5.73 Å². The molecule has 0 amide bonds. The molecule has 1 unspecified atom stereocenters. The standard InChI is InChI=1S/C10H19N3S/c1-2-3-9(6-11)7-12-8-10-13-4-5-14-10/h4-5,9,12H,2-3,6-8,11H2,1H3. The van der Waals surface area contributed by atoms with Crippen molar-refractivity contribution in [2.75, 3.05) is 13.1 Å². The van der Waals surface area contributed by atoms with Gasteiger partial charge < -0.3 is 11.1 Å². The molecule has 1 aromatic rings. The summed E-state index contributed by atoms with van der Waals surface area (Å²) in [5.74, 6) is 0.611. The first-order valence-corrected chi connectivity index (χ1v) is 6.04. The van der Waals surface area contributed by atoms with Crippen LogP contribution >= 0.6 is 11.3 Å². The van der Waals surface area contributed by atoms with Gasteiger partial charge in [0.25, 0.3) is 0 Å². The van der Waals surface area contributed by atoms with E-state index >= 15 is 0 Å². The van der Waals surface area contributed by atoms with E-state index in [2.05, 4.69) is 17.2 Å². The molecule has 0 saturated heterocycles. The van der Waals surface area contributed by atoms with Crippen molar-refractivity contribution in [3.05, 3.63) is 16.6 Å². The Bertz CT molecular complexity index is 223. The summed E-state index contributed by atoms with van der Waals surface area (Å²) in [6.45, 7) is 4.85. The van der Waals surface area contributed by atoms with Crippen LogP contribution in [-0.2, 0) is 6.54 Å². The average Bonchev–Trinajstić information content (AvgIpc) is 2.69. The lowest BCUT2D eigenvalue weighted by Gasteiger charge is -2.13. The molecule has 1 atom stereocenters. The molecule has 0 saturated carbocycles. The van der Waals surface area contributed by atoms with Gasteiger partial charge in [0.05, 0.1) is 0 Å². The predicted octanol–water partition coefficient (Wildman–Crippen LogP) is 1.61. The van der Waals surface area contributed by atoms with Crippen LogP contribution in [0.25, 0.3) is 0 Å². The molecule has 3 N–H and O–H groups in total. The molecule has 3 nitrogen and oxygen atoms in total. The monoisotopic (exact) mass is 213 g/mol. The number of aromatic nitrogens is 1. The predicted molar refractivity (Wildman–Crippen MR) is 61.3 cm³/mol. The molecule has 80 valence electrons. The molecule has 0 aliphatic carbocycles. The lowest BCUT2D eigenvalue weighted by atomic mass is 10.0. The summed E-state index contributed by atoms with van der Waals surface area (Å²) in [7, 11) is 0. The van der Waals surface area contributed by atoms with E-state index < -0.39 is 0 Å². The van der Waals surface area contributed by atoms with Crippen molar-refractivity contribution in [3.63, 3.8) is 0 Å². The molecule has 0 bridgehead atoms. The number of nitrogens with zero attached hydrogens (tertiary/aromatic N) is 1. The van der Waals surface area contributed by atoms with E-state index in [-0.39, 0.29) is 0 Å². The van der Waals surface area contributed by atoms with Crippen molar-refractivity contribution in [2.45, 2.75) is 26.3 Å². The van der Waals surface area contributed by atoms with Gasteiger partial charge in [-0.15, -0.1) is 11.3 Å². The summed E-state index contributed by atoms with van der Waals surface area (Å²) in [6.07, 6.45) is 4.26. The highest BCUT2D eigenvalue weighted by atomic mass is 32.1. The summed E-state index contributed by atoms with van der Waals surface area (Å²) in [6, 6.07) is 0. The third-order valence-electron chi connectivity index (χ3n) is 2.22. The second-order valence-electron chi connectivity index (χ2n) is 3.45. The molecule has 1 heterocycles. The summed E-state index contributed by atoms with van der Waals surface area (Å²) in [5, 5.41) is 6.55. The minimum absolute atomic E-state index is 0.611. The Morgan fingerprint density at radius 2 is 2.50 bits per heavy atom. The Hall–Kier alpha value is -0.450. The SMILES string of the molecule is CCCC(CN)CNCc1nccs1. The van der Waals surface area contributed by atoms with E-state index in [1.54, 1.807) is 11.3 Å². The second-order valence-corrected chi connectivity index (χ2v) is 4.43. The normalized spacial score (nSPS) is 13.0. The van der Waals surface area contributed by atoms with Gasteiger partial charge in [-0.25, -0.2) is 4.98 Å². The van der Waals surface area contributed by atoms with Gasteiger partial charge in [0, 0.05) is 18.1 Å². The number of nitrogens with two attached hydrogens (primary N) is 1. The largest absolute Gasteiger partial charge is 0.330 e. The number of rotatable bonds is 7. The quantitative estimate of drug-likeness (QED) is 0.723. The highest BCUT2D eigenvalue weighted by Crippen LogP contribution is 2.05. The number of hydrogen-bond donors (Lipinski definition) is 2. The Kier molecular flexibility index (Phi) is 5.75. The van der Waals surface area contributed by atoms with Crippen LogP contribution in [0, 0.1) is 5.92 Å². The van der Waals surface area contributed by atoms with Crippen molar-refractivity contribution < 1.29 is 0 Å². The Labute approximate surface area is 89.7 Å². The third-order valence-corrected chi connectivity index (χ3v) is 3.00. The van der Waals surface area contributed by atoms with E-state index in [1.807, 2.05) is 11.6 Å². The van der Waals surface area contributed by atoms with Crippen molar-refractivity contribution in [1.29, 1.82) is 0 Å². The summed E-state index contributed by atoms with van der Waals surface area (Å²) >= 11 is 1.69. The summed E-state index contributed by atoms with van der Waals surface area (Å²) < 4.78 is 0. The van der Waals surface area contributed by atoms with Gasteiger partial charge >= 0.3 is 0 Å². The van der Waals surface area contributed by atoms with E-state index in [0.717, 1.165) is 24.6 Å². The van der Waals surface area contributed by atoms with Crippen LogP contribution in [0.5, 0.6) is 0 Å². The molecule has 1 aromatic heterocycles. The van der Waals surface area contributed by atoms with Crippen molar-refractivity contribution in [2.24, 2.45) is 11.7 Å². The molecule has 14 heavy (non-hydrogen) atoms. The van der Waals surface area contributed by atoms with Crippen LogP contribution in [0.15, 0.2) is 11.6 Å². The molecular weight excluding hydrogens is 194 g/mol. The highest BCUT2D eigenvalue weighted by Gasteiger charge is 2.04. The fraction of sp³-hybridized carbons (Fsp3) is 0.700. The molecule has 0 aliphatic heterocycles. The zero-order valence-electron chi connectivity index (χ0n) is 8.70. The van der Waals surface area contributed by atoms with Crippen LogP contribution in [0.2, 0.25) is 0 Å². The second kappa shape index (κ2) is 6.92. The molecule has 1 rings (SSSR count). The average molecular weight is 213 g/mol. The lowest BCUT2D eigenvalue weighted by molar-refractivity contribution is 0.449. The van der Waals surface area contributed by atoms with Gasteiger partial charge in [0.15, 0.2) is 0 Å². The topological polar surface area (TPSA) is 50.9 Å². The van der Waals surface area contributed by atoms with Crippen molar-refractivity contribution in [1.82, 2.24) is 10.3 Å². The number of hydrogen-bond acceptors (Lipinski definition) is 4. The minimum atomic E-state index is 0.611. The van der Waals surface area contributed by atoms with Gasteiger partial charge in [-0.2, -0.15) is 0 Å². The first-order valence-electron chi connectivity index (χ1n) is 5.16. The lowest BCUT2D eigenvalue weighted by Crippen LogP contribution is -2.27. The van der Waals surface area contributed by atoms with Crippen molar-refractivity contribution >= 4 is 11.3 Å². The van der Waals surface area contributed by atoms with Crippen LogP contribution in [0.3, 0.4) is 0 Å². The first-order chi connectivity index (χ1) is 6.86.